The Morgan fingerprint density at radius 2 is 1.52 bits per heavy atom. The van der Waals surface area contributed by atoms with Crippen molar-refractivity contribution in [2.24, 2.45) is 0 Å². The predicted octanol–water partition coefficient (Wildman–Crippen LogP) is 5.32. The number of thiophene rings is 1. The molecular formula is C20H18O2S. The first-order valence-electron chi connectivity index (χ1n) is 7.53. The standard InChI is InChI=1S/C20H18O2S/c1-13-18(19(20(21)22)14(2)23-13)12-15-8-10-17(11-9-15)16-6-4-3-5-7-16/h3-11H,12H2,1-2H3,(H,21,22). The van der Waals surface area contributed by atoms with Crippen LogP contribution in [0.15, 0.2) is 54.6 Å². The molecule has 116 valence electrons. The van der Waals surface area contributed by atoms with Crippen LogP contribution < -0.4 is 0 Å². The largest absolute Gasteiger partial charge is 0.478 e. The zero-order valence-corrected chi connectivity index (χ0v) is 14.0. The number of hydrogen-bond acceptors (Lipinski definition) is 2. The molecule has 0 aliphatic rings. The van der Waals surface area contributed by atoms with E-state index in [9.17, 15) is 9.90 Å². The second kappa shape index (κ2) is 6.39. The highest BCUT2D eigenvalue weighted by Gasteiger charge is 2.19. The zero-order valence-electron chi connectivity index (χ0n) is 13.2. The van der Waals surface area contributed by atoms with Gasteiger partial charge in [0.05, 0.1) is 5.56 Å². The van der Waals surface area contributed by atoms with Crippen LogP contribution in [0.25, 0.3) is 11.1 Å². The van der Waals surface area contributed by atoms with Gasteiger partial charge in [-0.05, 0) is 42.5 Å². The highest BCUT2D eigenvalue weighted by Crippen LogP contribution is 2.30. The van der Waals surface area contributed by atoms with Crippen LogP contribution >= 0.6 is 11.3 Å². The zero-order chi connectivity index (χ0) is 16.4. The molecule has 0 fully saturated rings. The van der Waals surface area contributed by atoms with Crippen molar-refractivity contribution in [2.75, 3.05) is 0 Å². The van der Waals surface area contributed by atoms with E-state index in [1.807, 2.05) is 32.0 Å². The summed E-state index contributed by atoms with van der Waals surface area (Å²) in [7, 11) is 0. The molecule has 0 atom stereocenters. The second-order valence-corrected chi connectivity index (χ2v) is 7.04. The van der Waals surface area contributed by atoms with E-state index in [0.717, 1.165) is 20.9 Å². The van der Waals surface area contributed by atoms with Gasteiger partial charge in [0.25, 0.3) is 0 Å². The maximum atomic E-state index is 11.5. The van der Waals surface area contributed by atoms with Gasteiger partial charge in [-0.1, -0.05) is 54.6 Å². The van der Waals surface area contributed by atoms with Gasteiger partial charge in [-0.25, -0.2) is 4.79 Å². The number of aryl methyl sites for hydroxylation is 2. The molecule has 0 spiro atoms. The maximum Gasteiger partial charge on any atom is 0.337 e. The average Bonchev–Trinajstić information content (AvgIpc) is 2.83. The third kappa shape index (κ3) is 3.20. The first kappa shape index (κ1) is 15.5. The molecule has 3 rings (SSSR count). The molecule has 3 heteroatoms. The first-order valence-corrected chi connectivity index (χ1v) is 8.34. The average molecular weight is 322 g/mol. The van der Waals surface area contributed by atoms with Gasteiger partial charge >= 0.3 is 5.97 Å². The lowest BCUT2D eigenvalue weighted by Gasteiger charge is -2.06. The first-order chi connectivity index (χ1) is 11.1. The summed E-state index contributed by atoms with van der Waals surface area (Å²) < 4.78 is 0. The number of carboxylic acid groups (broad SMARTS) is 1. The summed E-state index contributed by atoms with van der Waals surface area (Å²) in [5.74, 6) is -0.831. The number of carbonyl (C=O) groups is 1. The summed E-state index contributed by atoms with van der Waals surface area (Å²) in [6, 6.07) is 18.6. The van der Waals surface area contributed by atoms with Gasteiger partial charge in [-0.15, -0.1) is 11.3 Å². The van der Waals surface area contributed by atoms with Gasteiger partial charge in [0, 0.05) is 9.75 Å². The molecule has 2 aromatic carbocycles. The molecule has 1 heterocycles. The van der Waals surface area contributed by atoms with Gasteiger partial charge in [-0.2, -0.15) is 0 Å². The van der Waals surface area contributed by atoms with Crippen molar-refractivity contribution in [1.82, 2.24) is 0 Å². The maximum absolute atomic E-state index is 11.5. The summed E-state index contributed by atoms with van der Waals surface area (Å²) in [5, 5.41) is 9.44. The van der Waals surface area contributed by atoms with E-state index in [1.54, 1.807) is 11.3 Å². The van der Waals surface area contributed by atoms with Crippen molar-refractivity contribution in [3.05, 3.63) is 81.0 Å². The molecule has 0 bridgehead atoms. The highest BCUT2D eigenvalue weighted by molar-refractivity contribution is 7.12. The molecule has 3 aromatic rings. The van der Waals surface area contributed by atoms with Crippen LogP contribution in [0.2, 0.25) is 0 Å². The molecule has 0 unspecified atom stereocenters. The monoisotopic (exact) mass is 322 g/mol. The van der Waals surface area contributed by atoms with E-state index in [-0.39, 0.29) is 0 Å². The van der Waals surface area contributed by atoms with Crippen molar-refractivity contribution in [2.45, 2.75) is 20.3 Å². The third-order valence-electron chi connectivity index (χ3n) is 4.04. The Hall–Kier alpha value is -2.39. The molecule has 23 heavy (non-hydrogen) atoms. The lowest BCUT2D eigenvalue weighted by Crippen LogP contribution is -2.02. The summed E-state index contributed by atoms with van der Waals surface area (Å²) in [4.78, 5) is 13.5. The quantitative estimate of drug-likeness (QED) is 0.705. The number of aromatic carboxylic acids is 1. The van der Waals surface area contributed by atoms with Crippen molar-refractivity contribution < 1.29 is 9.90 Å². The van der Waals surface area contributed by atoms with Gasteiger partial charge in [-0.3, -0.25) is 0 Å². The van der Waals surface area contributed by atoms with Crippen LogP contribution in [0.3, 0.4) is 0 Å². The van der Waals surface area contributed by atoms with Crippen molar-refractivity contribution >= 4 is 17.3 Å². The van der Waals surface area contributed by atoms with Crippen LogP contribution in [-0.2, 0) is 6.42 Å². The summed E-state index contributed by atoms with van der Waals surface area (Å²) in [6.45, 7) is 3.88. The van der Waals surface area contributed by atoms with Crippen LogP contribution in [0.1, 0.15) is 31.2 Å². The highest BCUT2D eigenvalue weighted by atomic mass is 32.1. The van der Waals surface area contributed by atoms with E-state index in [4.69, 9.17) is 0 Å². The van der Waals surface area contributed by atoms with Crippen molar-refractivity contribution in [3.8, 4) is 11.1 Å². The van der Waals surface area contributed by atoms with Crippen LogP contribution in [-0.4, -0.2) is 11.1 Å². The Labute approximate surface area is 140 Å². The molecule has 2 nitrogen and oxygen atoms in total. The van der Waals surface area contributed by atoms with Crippen LogP contribution in [0.4, 0.5) is 0 Å². The van der Waals surface area contributed by atoms with Crippen molar-refractivity contribution in [1.29, 1.82) is 0 Å². The minimum atomic E-state index is -0.831. The van der Waals surface area contributed by atoms with E-state index in [2.05, 4.69) is 36.4 Å². The molecular weight excluding hydrogens is 304 g/mol. The number of rotatable bonds is 4. The van der Waals surface area contributed by atoms with Gasteiger partial charge in [0.2, 0.25) is 0 Å². The topological polar surface area (TPSA) is 37.3 Å². The molecule has 0 aliphatic carbocycles. The fraction of sp³-hybridized carbons (Fsp3) is 0.150. The molecule has 0 amide bonds. The Kier molecular flexibility index (Phi) is 4.30. The summed E-state index contributed by atoms with van der Waals surface area (Å²) in [5.41, 5.74) is 4.90. The molecule has 0 radical (unpaired) electrons. The van der Waals surface area contributed by atoms with E-state index in [0.29, 0.717) is 12.0 Å². The van der Waals surface area contributed by atoms with Gasteiger partial charge in [0.1, 0.15) is 0 Å². The minimum absolute atomic E-state index is 0.472. The summed E-state index contributed by atoms with van der Waals surface area (Å²) in [6.07, 6.45) is 0.660. The lowest BCUT2D eigenvalue weighted by atomic mass is 9.98. The number of carboxylic acids is 1. The molecule has 1 aromatic heterocycles. The number of benzene rings is 2. The van der Waals surface area contributed by atoms with E-state index in [1.165, 1.54) is 11.1 Å². The van der Waals surface area contributed by atoms with Crippen LogP contribution in [0, 0.1) is 13.8 Å². The minimum Gasteiger partial charge on any atom is -0.478 e. The lowest BCUT2D eigenvalue weighted by molar-refractivity contribution is 0.0695. The van der Waals surface area contributed by atoms with Gasteiger partial charge < -0.3 is 5.11 Å². The Balaban J connectivity index is 1.89. The normalized spacial score (nSPS) is 10.7. The Morgan fingerprint density at radius 1 is 0.913 bits per heavy atom. The number of hydrogen-bond donors (Lipinski definition) is 1. The fourth-order valence-electron chi connectivity index (χ4n) is 2.87. The molecule has 1 N–H and O–H groups in total. The smallest absolute Gasteiger partial charge is 0.337 e. The third-order valence-corrected chi connectivity index (χ3v) is 5.10. The second-order valence-electron chi connectivity index (χ2n) is 5.61. The van der Waals surface area contributed by atoms with Crippen LogP contribution in [0.5, 0.6) is 0 Å². The Morgan fingerprint density at radius 3 is 2.13 bits per heavy atom. The van der Waals surface area contributed by atoms with Gasteiger partial charge in [0.15, 0.2) is 0 Å². The molecule has 0 saturated carbocycles. The predicted molar refractivity (Wildman–Crippen MR) is 95.4 cm³/mol. The van der Waals surface area contributed by atoms with E-state index >= 15 is 0 Å². The molecule has 0 aliphatic heterocycles. The SMILES string of the molecule is Cc1sc(C)c(C(=O)O)c1Cc1ccc(-c2ccccc2)cc1. The van der Waals surface area contributed by atoms with Crippen molar-refractivity contribution in [3.63, 3.8) is 0 Å². The fourth-order valence-corrected chi connectivity index (χ4v) is 3.94. The summed E-state index contributed by atoms with van der Waals surface area (Å²) >= 11 is 1.56. The molecule has 0 saturated heterocycles. The Bertz CT molecular complexity index is 830. The van der Waals surface area contributed by atoms with E-state index < -0.39 is 5.97 Å².